The SMILES string of the molecule is CC(SCc1ccccc1)C(=O)NCC1CCCNC1.Cl. The van der Waals surface area contributed by atoms with Gasteiger partial charge in [-0.05, 0) is 44.3 Å². The zero-order valence-corrected chi connectivity index (χ0v) is 14.1. The van der Waals surface area contributed by atoms with Crippen LogP contribution in [0.1, 0.15) is 25.3 Å². The lowest BCUT2D eigenvalue weighted by molar-refractivity contribution is -0.120. The smallest absolute Gasteiger partial charge is 0.232 e. The molecule has 3 nitrogen and oxygen atoms in total. The minimum atomic E-state index is 0. The number of halogens is 1. The van der Waals surface area contributed by atoms with Gasteiger partial charge in [-0.3, -0.25) is 4.79 Å². The fourth-order valence-electron chi connectivity index (χ4n) is 2.36. The van der Waals surface area contributed by atoms with E-state index in [4.69, 9.17) is 0 Å². The van der Waals surface area contributed by atoms with Crippen LogP contribution >= 0.6 is 24.2 Å². The zero-order valence-electron chi connectivity index (χ0n) is 12.5. The lowest BCUT2D eigenvalue weighted by atomic mass is 10.00. The monoisotopic (exact) mass is 328 g/mol. The molecular formula is C16H25ClN2OS. The van der Waals surface area contributed by atoms with Crippen molar-refractivity contribution in [2.24, 2.45) is 5.92 Å². The maximum absolute atomic E-state index is 12.1. The Morgan fingerprint density at radius 1 is 1.43 bits per heavy atom. The number of nitrogens with one attached hydrogen (secondary N) is 2. The number of piperidine rings is 1. The van der Waals surface area contributed by atoms with Crippen molar-refractivity contribution in [3.05, 3.63) is 35.9 Å². The molecule has 1 fully saturated rings. The van der Waals surface area contributed by atoms with Crippen LogP contribution in [0.2, 0.25) is 0 Å². The third-order valence-electron chi connectivity index (χ3n) is 3.68. The standard InChI is InChI=1S/C16H24N2OS.ClH/c1-13(20-12-14-6-3-2-4-7-14)16(19)18-11-15-8-5-9-17-10-15;/h2-4,6-7,13,15,17H,5,8-12H2,1H3,(H,18,19);1H. The summed E-state index contributed by atoms with van der Waals surface area (Å²) in [6.45, 7) is 4.95. The molecule has 5 heteroatoms. The van der Waals surface area contributed by atoms with Gasteiger partial charge in [0, 0.05) is 12.3 Å². The van der Waals surface area contributed by atoms with Crippen molar-refractivity contribution in [3.63, 3.8) is 0 Å². The number of carbonyl (C=O) groups is 1. The van der Waals surface area contributed by atoms with Crippen molar-refractivity contribution in [2.75, 3.05) is 19.6 Å². The topological polar surface area (TPSA) is 41.1 Å². The van der Waals surface area contributed by atoms with Crippen LogP contribution in [-0.4, -0.2) is 30.8 Å². The average Bonchev–Trinajstić information content (AvgIpc) is 2.52. The van der Waals surface area contributed by atoms with Crippen LogP contribution in [0.25, 0.3) is 0 Å². The molecule has 1 amide bonds. The second-order valence-corrected chi connectivity index (χ2v) is 6.73. The number of thioether (sulfide) groups is 1. The summed E-state index contributed by atoms with van der Waals surface area (Å²) in [5.41, 5.74) is 1.27. The van der Waals surface area contributed by atoms with Gasteiger partial charge in [-0.15, -0.1) is 24.2 Å². The molecule has 0 aliphatic carbocycles. The van der Waals surface area contributed by atoms with E-state index in [0.29, 0.717) is 5.92 Å². The molecule has 2 unspecified atom stereocenters. The van der Waals surface area contributed by atoms with Gasteiger partial charge in [-0.25, -0.2) is 0 Å². The molecule has 1 aliphatic heterocycles. The third kappa shape index (κ3) is 6.72. The van der Waals surface area contributed by atoms with Gasteiger partial charge in [0.1, 0.15) is 0 Å². The summed E-state index contributed by atoms with van der Waals surface area (Å²) in [5, 5.41) is 6.47. The molecule has 118 valence electrons. The van der Waals surface area contributed by atoms with Crippen LogP contribution in [0, 0.1) is 5.92 Å². The highest BCUT2D eigenvalue weighted by Gasteiger charge is 2.17. The Kier molecular flexibility index (Phi) is 8.81. The Labute approximate surface area is 138 Å². The van der Waals surface area contributed by atoms with Crippen LogP contribution in [0.3, 0.4) is 0 Å². The molecule has 0 bridgehead atoms. The first kappa shape index (κ1) is 18.3. The second kappa shape index (κ2) is 10.1. The summed E-state index contributed by atoms with van der Waals surface area (Å²) < 4.78 is 0. The summed E-state index contributed by atoms with van der Waals surface area (Å²) in [5.74, 6) is 1.65. The Morgan fingerprint density at radius 2 is 2.19 bits per heavy atom. The van der Waals surface area contributed by atoms with Crippen molar-refractivity contribution in [2.45, 2.75) is 30.8 Å². The molecule has 21 heavy (non-hydrogen) atoms. The largest absolute Gasteiger partial charge is 0.355 e. The van der Waals surface area contributed by atoms with Crippen LogP contribution in [-0.2, 0) is 10.5 Å². The summed E-state index contributed by atoms with van der Waals surface area (Å²) in [6.07, 6.45) is 2.44. The van der Waals surface area contributed by atoms with Gasteiger partial charge in [0.25, 0.3) is 0 Å². The van der Waals surface area contributed by atoms with Gasteiger partial charge in [-0.1, -0.05) is 30.3 Å². The van der Waals surface area contributed by atoms with E-state index in [1.165, 1.54) is 18.4 Å². The van der Waals surface area contributed by atoms with E-state index in [9.17, 15) is 4.79 Å². The predicted octanol–water partition coefficient (Wildman–Crippen LogP) is 2.85. The Hall–Kier alpha value is -0.710. The maximum atomic E-state index is 12.1. The molecule has 1 heterocycles. The number of rotatable bonds is 6. The van der Waals surface area contributed by atoms with Gasteiger partial charge < -0.3 is 10.6 Å². The molecule has 1 saturated heterocycles. The van der Waals surface area contributed by atoms with E-state index in [0.717, 1.165) is 25.4 Å². The zero-order chi connectivity index (χ0) is 14.2. The van der Waals surface area contributed by atoms with E-state index in [-0.39, 0.29) is 23.6 Å². The quantitative estimate of drug-likeness (QED) is 0.843. The average molecular weight is 329 g/mol. The molecule has 1 aromatic rings. The van der Waals surface area contributed by atoms with Gasteiger partial charge in [0.15, 0.2) is 0 Å². The van der Waals surface area contributed by atoms with Crippen LogP contribution < -0.4 is 10.6 Å². The maximum Gasteiger partial charge on any atom is 0.232 e. The highest BCUT2D eigenvalue weighted by Crippen LogP contribution is 2.17. The molecule has 2 rings (SSSR count). The minimum Gasteiger partial charge on any atom is -0.355 e. The van der Waals surface area contributed by atoms with Crippen molar-refractivity contribution in [1.29, 1.82) is 0 Å². The van der Waals surface area contributed by atoms with E-state index < -0.39 is 0 Å². The molecule has 1 aromatic carbocycles. The molecule has 0 radical (unpaired) electrons. The molecule has 1 aliphatic rings. The number of benzene rings is 1. The van der Waals surface area contributed by atoms with Gasteiger partial charge in [0.2, 0.25) is 5.91 Å². The summed E-state index contributed by atoms with van der Waals surface area (Å²) in [4.78, 5) is 12.1. The van der Waals surface area contributed by atoms with E-state index in [1.54, 1.807) is 11.8 Å². The summed E-state index contributed by atoms with van der Waals surface area (Å²) in [6, 6.07) is 10.3. The number of amides is 1. The highest BCUT2D eigenvalue weighted by molar-refractivity contribution is 7.99. The summed E-state index contributed by atoms with van der Waals surface area (Å²) in [7, 11) is 0. The number of hydrogen-bond donors (Lipinski definition) is 2. The molecule has 0 saturated carbocycles. The van der Waals surface area contributed by atoms with Gasteiger partial charge in [-0.2, -0.15) is 0 Å². The third-order valence-corrected chi connectivity index (χ3v) is 4.89. The van der Waals surface area contributed by atoms with E-state index in [1.807, 2.05) is 25.1 Å². The highest BCUT2D eigenvalue weighted by atomic mass is 35.5. The van der Waals surface area contributed by atoms with Crippen LogP contribution in [0.15, 0.2) is 30.3 Å². The number of carbonyl (C=O) groups excluding carboxylic acids is 1. The van der Waals surface area contributed by atoms with Crippen molar-refractivity contribution >= 4 is 30.1 Å². The minimum absolute atomic E-state index is 0. The normalized spacial score (nSPS) is 19.4. The number of hydrogen-bond acceptors (Lipinski definition) is 3. The molecule has 0 aromatic heterocycles. The molecular weight excluding hydrogens is 304 g/mol. The molecule has 2 N–H and O–H groups in total. The van der Waals surface area contributed by atoms with Crippen LogP contribution in [0.4, 0.5) is 0 Å². The summed E-state index contributed by atoms with van der Waals surface area (Å²) >= 11 is 1.70. The van der Waals surface area contributed by atoms with Crippen LogP contribution in [0.5, 0.6) is 0 Å². The lowest BCUT2D eigenvalue weighted by Crippen LogP contribution is -2.40. The second-order valence-electron chi connectivity index (χ2n) is 5.40. The van der Waals surface area contributed by atoms with Crippen molar-refractivity contribution in [3.8, 4) is 0 Å². The molecule has 2 atom stereocenters. The fourth-order valence-corrected chi connectivity index (χ4v) is 3.23. The lowest BCUT2D eigenvalue weighted by Gasteiger charge is -2.23. The first-order valence-electron chi connectivity index (χ1n) is 7.39. The first-order chi connectivity index (χ1) is 9.75. The van der Waals surface area contributed by atoms with E-state index in [2.05, 4.69) is 22.8 Å². The fraction of sp³-hybridized carbons (Fsp3) is 0.562. The van der Waals surface area contributed by atoms with Crippen molar-refractivity contribution < 1.29 is 4.79 Å². The Bertz CT molecular complexity index is 410. The predicted molar refractivity (Wildman–Crippen MR) is 93.1 cm³/mol. The van der Waals surface area contributed by atoms with Gasteiger partial charge >= 0.3 is 0 Å². The first-order valence-corrected chi connectivity index (χ1v) is 8.44. The van der Waals surface area contributed by atoms with Crippen molar-refractivity contribution in [1.82, 2.24) is 10.6 Å². The van der Waals surface area contributed by atoms with Gasteiger partial charge in [0.05, 0.1) is 5.25 Å². The molecule has 0 spiro atoms. The Balaban J connectivity index is 0.00000220. The van der Waals surface area contributed by atoms with E-state index >= 15 is 0 Å². The Morgan fingerprint density at radius 3 is 2.86 bits per heavy atom.